The van der Waals surface area contributed by atoms with Crippen LogP contribution in [-0.4, -0.2) is 46.5 Å². The summed E-state index contributed by atoms with van der Waals surface area (Å²) in [5.74, 6) is 1.96. The highest BCUT2D eigenvalue weighted by Crippen LogP contribution is 2.31. The van der Waals surface area contributed by atoms with Gasteiger partial charge in [0.1, 0.15) is 23.7 Å². The number of benzene rings is 1. The Kier molecular flexibility index (Phi) is 6.90. The first-order chi connectivity index (χ1) is 15.0. The highest BCUT2D eigenvalue weighted by atomic mass is 35.5. The zero-order valence-electron chi connectivity index (χ0n) is 17.8. The predicted molar refractivity (Wildman–Crippen MR) is 118 cm³/mol. The van der Waals surface area contributed by atoms with Gasteiger partial charge in [0.25, 0.3) is 0 Å². The van der Waals surface area contributed by atoms with Crippen molar-refractivity contribution in [3.8, 4) is 11.6 Å². The zero-order valence-corrected chi connectivity index (χ0v) is 18.5. The predicted octanol–water partition coefficient (Wildman–Crippen LogP) is 5.07. The van der Waals surface area contributed by atoms with E-state index >= 15 is 0 Å². The van der Waals surface area contributed by atoms with Crippen LogP contribution in [-0.2, 0) is 4.79 Å². The van der Waals surface area contributed by atoms with Crippen LogP contribution in [0.2, 0.25) is 5.02 Å². The van der Waals surface area contributed by atoms with E-state index in [2.05, 4.69) is 21.8 Å². The monoisotopic (exact) mass is 446 g/mol. The number of nitrogens with zero attached hydrogens (tertiary/aromatic N) is 4. The van der Waals surface area contributed by atoms with Crippen molar-refractivity contribution in [1.82, 2.24) is 14.9 Å². The summed E-state index contributed by atoms with van der Waals surface area (Å²) in [6.07, 6.45) is 8.28. The first-order valence-electron chi connectivity index (χ1n) is 11.0. The Morgan fingerprint density at radius 3 is 2.77 bits per heavy atom. The lowest BCUT2D eigenvalue weighted by Gasteiger charge is -2.40. The van der Waals surface area contributed by atoms with E-state index in [-0.39, 0.29) is 17.0 Å². The van der Waals surface area contributed by atoms with Crippen molar-refractivity contribution < 1.29 is 13.9 Å². The molecule has 1 saturated carbocycles. The van der Waals surface area contributed by atoms with Crippen molar-refractivity contribution in [1.29, 1.82) is 0 Å². The Labute approximate surface area is 187 Å². The maximum absolute atomic E-state index is 13.2. The Hall–Kier alpha value is -2.41. The van der Waals surface area contributed by atoms with E-state index in [1.54, 1.807) is 6.07 Å². The molecule has 31 heavy (non-hydrogen) atoms. The molecule has 2 heterocycles. The van der Waals surface area contributed by atoms with Gasteiger partial charge in [0.05, 0.1) is 5.02 Å². The lowest BCUT2D eigenvalue weighted by molar-refractivity contribution is -0.133. The Morgan fingerprint density at radius 1 is 1.23 bits per heavy atom. The maximum Gasteiger partial charge on any atom is 0.224 e. The second kappa shape index (κ2) is 9.81. The highest BCUT2D eigenvalue weighted by molar-refractivity contribution is 6.32. The number of hydrogen-bond donors (Lipinski definition) is 0. The van der Waals surface area contributed by atoms with Gasteiger partial charge < -0.3 is 14.5 Å². The third kappa shape index (κ3) is 5.45. The Balaban J connectivity index is 1.35. The molecule has 2 fully saturated rings. The molecule has 2 aromatic rings. The zero-order chi connectivity index (χ0) is 21.8. The van der Waals surface area contributed by atoms with Crippen LogP contribution in [0, 0.1) is 11.7 Å². The number of hydrogen-bond acceptors (Lipinski definition) is 5. The van der Waals surface area contributed by atoms with Gasteiger partial charge in [-0.1, -0.05) is 37.3 Å². The molecule has 1 aromatic heterocycles. The van der Waals surface area contributed by atoms with Gasteiger partial charge >= 0.3 is 0 Å². The van der Waals surface area contributed by atoms with Gasteiger partial charge in [-0.15, -0.1) is 0 Å². The number of aromatic nitrogens is 2. The van der Waals surface area contributed by atoms with Gasteiger partial charge in [0.15, 0.2) is 0 Å². The van der Waals surface area contributed by atoms with E-state index in [4.69, 9.17) is 16.3 Å². The fraction of sp³-hybridized carbons (Fsp3) is 0.522. The number of carbonyl (C=O) groups excluding carboxylic acids is 1. The van der Waals surface area contributed by atoms with Crippen LogP contribution in [0.15, 0.2) is 30.6 Å². The van der Waals surface area contributed by atoms with E-state index < -0.39 is 5.82 Å². The fourth-order valence-corrected chi connectivity index (χ4v) is 4.74. The van der Waals surface area contributed by atoms with E-state index in [1.807, 2.05) is 4.90 Å². The minimum Gasteiger partial charge on any atom is -0.437 e. The molecule has 4 rings (SSSR count). The minimum atomic E-state index is -0.426. The molecule has 0 radical (unpaired) electrons. The first kappa shape index (κ1) is 21.8. The lowest BCUT2D eigenvalue weighted by atomic mass is 10.0. The van der Waals surface area contributed by atoms with Crippen molar-refractivity contribution in [2.45, 2.75) is 51.5 Å². The molecule has 6 nitrogen and oxygen atoms in total. The minimum absolute atomic E-state index is 0.107. The number of rotatable bonds is 6. The second-order valence-corrected chi connectivity index (χ2v) is 8.87. The number of carbonyl (C=O) groups is 1. The molecule has 0 bridgehead atoms. The Bertz CT molecular complexity index is 922. The van der Waals surface area contributed by atoms with E-state index in [0.29, 0.717) is 37.7 Å². The average Bonchev–Trinajstić information content (AvgIpc) is 3.28. The van der Waals surface area contributed by atoms with Crippen molar-refractivity contribution in [3.63, 3.8) is 0 Å². The number of piperazine rings is 1. The van der Waals surface area contributed by atoms with Gasteiger partial charge in [-0.25, -0.2) is 14.4 Å². The summed E-state index contributed by atoms with van der Waals surface area (Å²) < 4.78 is 19.0. The number of halogens is 2. The molecule has 0 spiro atoms. The van der Waals surface area contributed by atoms with Crippen LogP contribution in [0.5, 0.6) is 11.6 Å². The quantitative estimate of drug-likeness (QED) is 0.620. The molecule has 1 aromatic carbocycles. The first-order valence-corrected chi connectivity index (χ1v) is 11.4. The van der Waals surface area contributed by atoms with Gasteiger partial charge in [-0.3, -0.25) is 4.79 Å². The number of amides is 1. The van der Waals surface area contributed by atoms with Gasteiger partial charge in [-0.05, 0) is 37.5 Å². The van der Waals surface area contributed by atoms with Crippen LogP contribution in [0.3, 0.4) is 0 Å². The van der Waals surface area contributed by atoms with Crippen molar-refractivity contribution in [2.75, 3.05) is 24.5 Å². The van der Waals surface area contributed by atoms with Crippen LogP contribution >= 0.6 is 11.6 Å². The van der Waals surface area contributed by atoms with Gasteiger partial charge in [0, 0.05) is 38.2 Å². The molecule has 1 aliphatic heterocycles. The van der Waals surface area contributed by atoms with Crippen LogP contribution < -0.4 is 9.64 Å². The topological polar surface area (TPSA) is 58.6 Å². The molecule has 1 atom stereocenters. The van der Waals surface area contributed by atoms with E-state index in [1.165, 1.54) is 50.2 Å². The van der Waals surface area contributed by atoms with Crippen LogP contribution in [0.1, 0.15) is 45.4 Å². The second-order valence-electron chi connectivity index (χ2n) is 8.46. The molecule has 0 unspecified atom stereocenters. The number of ether oxygens (including phenoxy) is 1. The molecule has 1 amide bonds. The molecule has 0 N–H and O–H groups in total. The summed E-state index contributed by atoms with van der Waals surface area (Å²) >= 11 is 6.04. The Morgan fingerprint density at radius 2 is 2.03 bits per heavy atom. The van der Waals surface area contributed by atoms with Gasteiger partial charge in [0.2, 0.25) is 11.8 Å². The average molecular weight is 447 g/mol. The molecular formula is C23H28ClFN4O2. The van der Waals surface area contributed by atoms with Crippen molar-refractivity contribution >= 4 is 23.3 Å². The molecular weight excluding hydrogens is 419 g/mol. The summed E-state index contributed by atoms with van der Waals surface area (Å²) in [6, 6.07) is 5.80. The molecule has 166 valence electrons. The van der Waals surface area contributed by atoms with Crippen LogP contribution in [0.4, 0.5) is 10.2 Å². The normalized spacial score (nSPS) is 19.6. The summed E-state index contributed by atoms with van der Waals surface area (Å²) in [6.45, 7) is 4.15. The standard InChI is InChI=1S/C23H28ClFN4O2/c1-16-14-28(10-11-29(16)23(30)9-6-17-4-2-3-5-17)21-13-22(27-15-26-21)31-20-8-7-18(25)12-19(20)24/h7-8,12-13,15-17H,2-6,9-11,14H2,1H3/t16-/m0/s1. The van der Waals surface area contributed by atoms with E-state index in [9.17, 15) is 9.18 Å². The summed E-state index contributed by atoms with van der Waals surface area (Å²) in [5, 5.41) is 0.179. The highest BCUT2D eigenvalue weighted by Gasteiger charge is 2.29. The third-order valence-corrected chi connectivity index (χ3v) is 6.54. The largest absolute Gasteiger partial charge is 0.437 e. The van der Waals surface area contributed by atoms with E-state index in [0.717, 1.165) is 18.2 Å². The molecule has 1 saturated heterocycles. The smallest absolute Gasteiger partial charge is 0.224 e. The molecule has 2 aliphatic rings. The van der Waals surface area contributed by atoms with Crippen LogP contribution in [0.25, 0.3) is 0 Å². The SMILES string of the molecule is C[C@H]1CN(c2cc(Oc3ccc(F)cc3Cl)ncn2)CCN1C(=O)CCC1CCCC1. The van der Waals surface area contributed by atoms with Crippen molar-refractivity contribution in [3.05, 3.63) is 41.4 Å². The van der Waals surface area contributed by atoms with Gasteiger partial charge in [-0.2, -0.15) is 0 Å². The third-order valence-electron chi connectivity index (χ3n) is 6.25. The maximum atomic E-state index is 13.2. The molecule has 8 heteroatoms. The number of anilines is 1. The summed E-state index contributed by atoms with van der Waals surface area (Å²) in [4.78, 5) is 25.4. The van der Waals surface area contributed by atoms with Crippen molar-refractivity contribution in [2.24, 2.45) is 5.92 Å². The molecule has 1 aliphatic carbocycles. The summed E-state index contributed by atoms with van der Waals surface area (Å²) in [7, 11) is 0. The fourth-order valence-electron chi connectivity index (χ4n) is 4.54. The summed E-state index contributed by atoms with van der Waals surface area (Å²) in [5.41, 5.74) is 0. The lowest BCUT2D eigenvalue weighted by Crippen LogP contribution is -2.54.